The lowest BCUT2D eigenvalue weighted by Crippen LogP contribution is -2.18. The number of amides is 1. The number of nitro groups is 1. The van der Waals surface area contributed by atoms with Crippen molar-refractivity contribution in [2.75, 3.05) is 16.4 Å². The van der Waals surface area contributed by atoms with Crippen LogP contribution in [0.5, 0.6) is 0 Å². The summed E-state index contributed by atoms with van der Waals surface area (Å²) in [6.45, 7) is 0. The molecule has 0 saturated heterocycles. The lowest BCUT2D eigenvalue weighted by atomic mass is 10.1. The third-order valence-corrected chi connectivity index (χ3v) is 5.61. The summed E-state index contributed by atoms with van der Waals surface area (Å²) in [6, 6.07) is 7.95. The molecule has 0 saturated carbocycles. The first-order valence-corrected chi connectivity index (χ1v) is 10.1. The molecule has 31 heavy (non-hydrogen) atoms. The van der Waals surface area contributed by atoms with Crippen LogP contribution in [0, 0.1) is 15.9 Å². The van der Waals surface area contributed by atoms with Gasteiger partial charge in [-0.25, -0.2) is 4.39 Å². The van der Waals surface area contributed by atoms with Crippen LogP contribution in [0.25, 0.3) is 0 Å². The highest BCUT2D eigenvalue weighted by Crippen LogP contribution is 2.37. The molecule has 0 aliphatic rings. The number of thioether (sulfide) groups is 1. The topological polar surface area (TPSA) is 110 Å². The van der Waals surface area contributed by atoms with E-state index in [4.69, 9.17) is 0 Å². The Hall–Kier alpha value is -3.26. The van der Waals surface area contributed by atoms with Gasteiger partial charge in [-0.15, -0.1) is 10.2 Å². The zero-order valence-electron chi connectivity index (χ0n) is 15.1. The molecule has 162 valence electrons. The number of rotatable bonds is 7. The quantitative estimate of drug-likeness (QED) is 0.213. The van der Waals surface area contributed by atoms with Crippen molar-refractivity contribution in [3.8, 4) is 0 Å². The summed E-state index contributed by atoms with van der Waals surface area (Å²) in [6.07, 6.45) is -4.89. The van der Waals surface area contributed by atoms with Crippen molar-refractivity contribution in [1.29, 1.82) is 0 Å². The van der Waals surface area contributed by atoms with Crippen molar-refractivity contribution in [2.24, 2.45) is 0 Å². The number of para-hydroxylation sites is 1. The number of anilines is 3. The standard InChI is InChI=1S/C17H11F4N5O3S2/c18-11-3-1-2-4-13(11)23-15-24-25-16(31-15)30-8-14(27)22-12-6-5-9(26(28)29)7-10(12)17(19,20)21/h1-7H,8H2,(H,22,27)(H,23,24). The predicted octanol–water partition coefficient (Wildman–Crippen LogP) is 5.08. The van der Waals surface area contributed by atoms with Crippen molar-refractivity contribution in [3.05, 3.63) is 64.0 Å². The fraction of sp³-hybridized carbons (Fsp3) is 0.118. The van der Waals surface area contributed by atoms with Crippen molar-refractivity contribution < 1.29 is 27.3 Å². The van der Waals surface area contributed by atoms with E-state index in [1.807, 2.05) is 0 Å². The van der Waals surface area contributed by atoms with Gasteiger partial charge in [0.05, 0.1) is 27.6 Å². The van der Waals surface area contributed by atoms with E-state index in [2.05, 4.69) is 20.8 Å². The van der Waals surface area contributed by atoms with Gasteiger partial charge in [-0.1, -0.05) is 35.2 Å². The smallest absolute Gasteiger partial charge is 0.328 e. The number of aromatic nitrogens is 2. The van der Waals surface area contributed by atoms with Gasteiger partial charge >= 0.3 is 6.18 Å². The van der Waals surface area contributed by atoms with Crippen molar-refractivity contribution in [1.82, 2.24) is 10.2 Å². The maximum atomic E-state index is 13.6. The first kappa shape index (κ1) is 22.4. The Morgan fingerprint density at radius 3 is 2.58 bits per heavy atom. The third-order valence-electron chi connectivity index (χ3n) is 3.64. The van der Waals surface area contributed by atoms with Crippen LogP contribution in [0.3, 0.4) is 0 Å². The number of nitrogens with one attached hydrogen (secondary N) is 2. The Bertz CT molecular complexity index is 1120. The minimum absolute atomic E-state index is 0.186. The van der Waals surface area contributed by atoms with Crippen LogP contribution in [0.2, 0.25) is 0 Å². The van der Waals surface area contributed by atoms with Gasteiger partial charge in [0, 0.05) is 12.1 Å². The molecule has 2 N–H and O–H groups in total. The summed E-state index contributed by atoms with van der Waals surface area (Å²) in [5, 5.41) is 23.4. The number of hydrogen-bond donors (Lipinski definition) is 2. The maximum absolute atomic E-state index is 13.6. The molecule has 3 aromatic rings. The van der Waals surface area contributed by atoms with Gasteiger partial charge in [0.1, 0.15) is 5.82 Å². The van der Waals surface area contributed by atoms with Crippen LogP contribution in [0.15, 0.2) is 46.8 Å². The number of non-ortho nitro benzene ring substituents is 1. The van der Waals surface area contributed by atoms with Crippen molar-refractivity contribution in [3.63, 3.8) is 0 Å². The molecule has 1 amide bonds. The van der Waals surface area contributed by atoms with Gasteiger partial charge in [-0.05, 0) is 18.2 Å². The number of carbonyl (C=O) groups excluding carboxylic acids is 1. The molecule has 0 bridgehead atoms. The fourth-order valence-corrected chi connectivity index (χ4v) is 3.86. The molecule has 0 unspecified atom stereocenters. The molecule has 0 radical (unpaired) electrons. The molecule has 1 aromatic heterocycles. The van der Waals surface area contributed by atoms with E-state index in [9.17, 15) is 32.5 Å². The largest absolute Gasteiger partial charge is 0.418 e. The van der Waals surface area contributed by atoms with E-state index in [0.717, 1.165) is 35.2 Å². The molecule has 0 atom stereocenters. The third kappa shape index (κ3) is 5.88. The number of carbonyl (C=O) groups is 1. The monoisotopic (exact) mass is 473 g/mol. The summed E-state index contributed by atoms with van der Waals surface area (Å²) in [4.78, 5) is 21.8. The Balaban J connectivity index is 1.63. The van der Waals surface area contributed by atoms with Gasteiger partial charge in [0.2, 0.25) is 11.0 Å². The van der Waals surface area contributed by atoms with Crippen LogP contribution < -0.4 is 10.6 Å². The second-order valence-electron chi connectivity index (χ2n) is 5.80. The Morgan fingerprint density at radius 2 is 1.90 bits per heavy atom. The highest BCUT2D eigenvalue weighted by Gasteiger charge is 2.35. The summed E-state index contributed by atoms with van der Waals surface area (Å²) in [7, 11) is 0. The average molecular weight is 473 g/mol. The second-order valence-corrected chi connectivity index (χ2v) is 8.00. The average Bonchev–Trinajstić information content (AvgIpc) is 3.15. The molecule has 0 aliphatic heterocycles. The van der Waals surface area contributed by atoms with Crippen molar-refractivity contribution >= 4 is 51.2 Å². The second kappa shape index (κ2) is 9.26. The van der Waals surface area contributed by atoms with Gasteiger partial charge in [0.15, 0.2) is 4.34 Å². The summed E-state index contributed by atoms with van der Waals surface area (Å²) in [5.41, 5.74) is -2.48. The normalized spacial score (nSPS) is 11.2. The molecule has 0 aliphatic carbocycles. The first-order valence-electron chi connectivity index (χ1n) is 8.27. The van der Waals surface area contributed by atoms with Gasteiger partial charge in [0.25, 0.3) is 5.69 Å². The molecule has 2 aromatic carbocycles. The number of benzene rings is 2. The van der Waals surface area contributed by atoms with E-state index in [0.29, 0.717) is 10.4 Å². The van der Waals surface area contributed by atoms with Gasteiger partial charge < -0.3 is 10.6 Å². The van der Waals surface area contributed by atoms with Crippen LogP contribution in [0.1, 0.15) is 5.56 Å². The first-order chi connectivity index (χ1) is 14.6. The van der Waals surface area contributed by atoms with Crippen LogP contribution in [-0.2, 0) is 11.0 Å². The fourth-order valence-electron chi connectivity index (χ4n) is 2.30. The van der Waals surface area contributed by atoms with Crippen LogP contribution in [0.4, 0.5) is 39.8 Å². The zero-order chi connectivity index (χ0) is 22.6. The van der Waals surface area contributed by atoms with E-state index in [-0.39, 0.29) is 16.6 Å². The lowest BCUT2D eigenvalue weighted by molar-refractivity contribution is -0.385. The number of nitro benzene ring substituents is 1. The molecule has 3 rings (SSSR count). The summed E-state index contributed by atoms with van der Waals surface area (Å²) in [5.74, 6) is -1.55. The number of alkyl halides is 3. The Kier molecular flexibility index (Phi) is 6.70. The summed E-state index contributed by atoms with van der Waals surface area (Å²) < 4.78 is 53.5. The number of nitrogens with zero attached hydrogens (tertiary/aromatic N) is 3. The molecular formula is C17H11F4N5O3S2. The van der Waals surface area contributed by atoms with Crippen molar-refractivity contribution in [2.45, 2.75) is 10.5 Å². The molecule has 14 heteroatoms. The van der Waals surface area contributed by atoms with Gasteiger partial charge in [-0.2, -0.15) is 13.2 Å². The van der Waals surface area contributed by atoms with E-state index in [1.54, 1.807) is 6.07 Å². The minimum atomic E-state index is -4.89. The molecule has 0 fully saturated rings. The highest BCUT2D eigenvalue weighted by molar-refractivity contribution is 8.01. The molecule has 1 heterocycles. The number of halogens is 4. The van der Waals surface area contributed by atoms with E-state index < -0.39 is 39.8 Å². The molecule has 8 nitrogen and oxygen atoms in total. The van der Waals surface area contributed by atoms with Gasteiger partial charge in [-0.3, -0.25) is 14.9 Å². The highest BCUT2D eigenvalue weighted by atomic mass is 32.2. The Morgan fingerprint density at radius 1 is 1.16 bits per heavy atom. The van der Waals surface area contributed by atoms with Crippen LogP contribution >= 0.6 is 23.1 Å². The Labute approximate surface area is 179 Å². The van der Waals surface area contributed by atoms with E-state index >= 15 is 0 Å². The zero-order valence-corrected chi connectivity index (χ0v) is 16.8. The predicted molar refractivity (Wildman–Crippen MR) is 107 cm³/mol. The number of hydrogen-bond acceptors (Lipinski definition) is 8. The minimum Gasteiger partial charge on any atom is -0.328 e. The molecule has 0 spiro atoms. The molecular weight excluding hydrogens is 462 g/mol. The summed E-state index contributed by atoms with van der Waals surface area (Å²) >= 11 is 1.94. The maximum Gasteiger partial charge on any atom is 0.418 e. The SMILES string of the molecule is O=C(CSc1nnc(Nc2ccccc2F)s1)Nc1ccc([N+](=O)[O-])cc1C(F)(F)F. The van der Waals surface area contributed by atoms with Crippen LogP contribution in [-0.4, -0.2) is 26.8 Å². The lowest BCUT2D eigenvalue weighted by Gasteiger charge is -2.13. The van der Waals surface area contributed by atoms with E-state index in [1.165, 1.54) is 18.2 Å².